The van der Waals surface area contributed by atoms with Gasteiger partial charge in [0.25, 0.3) is 0 Å². The third-order valence-electron chi connectivity index (χ3n) is 7.27. The maximum absolute atomic E-state index is 8.94. The summed E-state index contributed by atoms with van der Waals surface area (Å²) in [6.45, 7) is 0. The van der Waals surface area contributed by atoms with Crippen LogP contribution in [0.2, 0.25) is 0 Å². The SMILES string of the molecule is [2H]c1nc2c(c([2H])c1[2H])c([2H])c([2H])c1c([2H])c([2H])c(-c3ccc(-c4ccc(-c5ccc(-c6ccccc6)o5)cc4)c4ccccc34)nc12. The first-order valence-electron chi connectivity index (χ1n) is 16.7. The van der Waals surface area contributed by atoms with Crippen LogP contribution >= 0.6 is 0 Å². The Labute approximate surface area is 247 Å². The molecule has 0 saturated heterocycles. The van der Waals surface area contributed by atoms with Gasteiger partial charge < -0.3 is 4.42 Å². The van der Waals surface area contributed by atoms with Gasteiger partial charge in [0.1, 0.15) is 11.5 Å². The highest BCUT2D eigenvalue weighted by Gasteiger charge is 2.13. The minimum atomic E-state index is -0.458. The Bertz CT molecular complexity index is 2580. The van der Waals surface area contributed by atoms with Crippen molar-refractivity contribution >= 4 is 32.6 Å². The number of nitrogens with zero attached hydrogens (tertiary/aromatic N) is 2. The lowest BCUT2D eigenvalue weighted by molar-refractivity contribution is 0.597. The first-order valence-corrected chi connectivity index (χ1v) is 13.2. The molecular formula is C38H24N2O. The fourth-order valence-electron chi connectivity index (χ4n) is 5.26. The highest BCUT2D eigenvalue weighted by atomic mass is 16.3. The molecule has 8 aromatic rings. The van der Waals surface area contributed by atoms with E-state index in [9.17, 15) is 0 Å². The van der Waals surface area contributed by atoms with E-state index in [1.807, 2.05) is 103 Å². The highest BCUT2D eigenvalue weighted by molar-refractivity contribution is 6.07. The minimum absolute atomic E-state index is 0.000196. The van der Waals surface area contributed by atoms with E-state index < -0.39 is 12.2 Å². The molecule has 0 aliphatic heterocycles. The van der Waals surface area contributed by atoms with Gasteiger partial charge >= 0.3 is 0 Å². The Hall–Kier alpha value is -5.54. The highest BCUT2D eigenvalue weighted by Crippen LogP contribution is 2.37. The van der Waals surface area contributed by atoms with Gasteiger partial charge in [0, 0.05) is 33.6 Å². The van der Waals surface area contributed by atoms with Crippen molar-refractivity contribution in [2.24, 2.45) is 0 Å². The first-order chi connectivity index (χ1) is 23.2. The van der Waals surface area contributed by atoms with E-state index in [1.54, 1.807) is 0 Å². The van der Waals surface area contributed by atoms with Crippen molar-refractivity contribution < 1.29 is 14.0 Å². The van der Waals surface area contributed by atoms with Crippen LogP contribution < -0.4 is 0 Å². The maximum atomic E-state index is 8.94. The molecule has 0 bridgehead atoms. The average Bonchev–Trinajstić information content (AvgIpc) is 3.61. The van der Waals surface area contributed by atoms with Gasteiger partial charge in [-0.15, -0.1) is 0 Å². The topological polar surface area (TPSA) is 38.9 Å². The summed E-state index contributed by atoms with van der Waals surface area (Å²) < 4.78 is 65.6. The van der Waals surface area contributed by atoms with Crippen LogP contribution in [0.15, 0.2) is 150 Å². The van der Waals surface area contributed by atoms with E-state index in [4.69, 9.17) is 19.0 Å². The minimum Gasteiger partial charge on any atom is -0.456 e. The molecule has 41 heavy (non-hydrogen) atoms. The second-order valence-electron chi connectivity index (χ2n) is 9.69. The summed E-state index contributed by atoms with van der Waals surface area (Å²) in [4.78, 5) is 8.93. The van der Waals surface area contributed by atoms with Gasteiger partial charge in [0.15, 0.2) is 0 Å². The van der Waals surface area contributed by atoms with Crippen LogP contribution in [0.25, 0.3) is 77.6 Å². The van der Waals surface area contributed by atoms with Gasteiger partial charge in [-0.2, -0.15) is 0 Å². The summed E-state index contributed by atoms with van der Waals surface area (Å²) in [5.74, 6) is 1.56. The van der Waals surface area contributed by atoms with Crippen molar-refractivity contribution in [1.82, 2.24) is 9.97 Å². The molecule has 3 heteroatoms. The summed E-state index contributed by atoms with van der Waals surface area (Å²) in [6.07, 6.45) is -0.458. The third-order valence-corrected chi connectivity index (χ3v) is 7.27. The van der Waals surface area contributed by atoms with Crippen LogP contribution in [-0.4, -0.2) is 9.97 Å². The summed E-state index contributed by atoms with van der Waals surface area (Å²) in [6, 6.07) is 31.5. The number of rotatable bonds is 4. The van der Waals surface area contributed by atoms with Gasteiger partial charge in [-0.3, -0.25) is 4.98 Å². The second kappa shape index (κ2) is 9.58. The average molecular weight is 532 g/mol. The lowest BCUT2D eigenvalue weighted by atomic mass is 9.93. The van der Waals surface area contributed by atoms with Crippen LogP contribution in [0.5, 0.6) is 0 Å². The summed E-state index contributed by atoms with van der Waals surface area (Å²) >= 11 is 0. The molecule has 3 nitrogen and oxygen atoms in total. The normalized spacial score (nSPS) is 13.8. The Balaban J connectivity index is 1.26. The largest absolute Gasteiger partial charge is 0.456 e. The predicted octanol–water partition coefficient (Wildman–Crippen LogP) is 10.2. The van der Waals surface area contributed by atoms with Crippen LogP contribution in [0, 0.1) is 0 Å². The Kier molecular flexibility index (Phi) is 4.02. The van der Waals surface area contributed by atoms with E-state index in [0.29, 0.717) is 5.56 Å². The second-order valence-corrected chi connectivity index (χ2v) is 9.69. The lowest BCUT2D eigenvalue weighted by Gasteiger charge is -2.13. The smallest absolute Gasteiger partial charge is 0.134 e. The molecule has 5 aromatic carbocycles. The molecule has 192 valence electrons. The van der Waals surface area contributed by atoms with E-state index in [1.165, 1.54) is 0 Å². The molecule has 0 aliphatic rings. The third kappa shape index (κ3) is 4.07. The van der Waals surface area contributed by atoms with Crippen molar-refractivity contribution in [3.05, 3.63) is 146 Å². The Morgan fingerprint density at radius 1 is 0.512 bits per heavy atom. The Morgan fingerprint density at radius 3 is 1.90 bits per heavy atom. The van der Waals surface area contributed by atoms with Crippen molar-refractivity contribution in [3.8, 4) is 45.0 Å². The zero-order chi connectivity index (χ0) is 33.3. The van der Waals surface area contributed by atoms with Gasteiger partial charge in [0.05, 0.1) is 26.3 Å². The van der Waals surface area contributed by atoms with Crippen molar-refractivity contribution in [2.75, 3.05) is 0 Å². The van der Waals surface area contributed by atoms with Crippen LogP contribution in [0.3, 0.4) is 0 Å². The fourth-order valence-corrected chi connectivity index (χ4v) is 5.26. The molecule has 0 spiro atoms. The quantitative estimate of drug-likeness (QED) is 0.212. The Morgan fingerprint density at radius 2 is 1.12 bits per heavy atom. The van der Waals surface area contributed by atoms with E-state index in [0.717, 1.165) is 44.5 Å². The maximum Gasteiger partial charge on any atom is 0.134 e. The van der Waals surface area contributed by atoms with Crippen molar-refractivity contribution in [3.63, 3.8) is 0 Å². The summed E-state index contributed by atoms with van der Waals surface area (Å²) in [5, 5.41) is 1.59. The standard InChI is InChI=1S/C38H24N2O/c1-2-7-26(8-3-1)35-22-23-36(41-35)27-14-12-25(13-15-27)30-19-20-33(32-11-5-4-10-31(30)32)34-21-18-29-17-16-28-9-6-24-39-37(28)38(29)40-34/h1-24H/i6D,9D,16D,17D,18D,21D,24D. The number of hydrogen-bond donors (Lipinski definition) is 0. The molecule has 0 fully saturated rings. The predicted molar refractivity (Wildman–Crippen MR) is 169 cm³/mol. The zero-order valence-electron chi connectivity index (χ0n) is 28.6. The molecule has 3 aromatic heterocycles. The fraction of sp³-hybridized carbons (Fsp3) is 0. The molecule has 3 heterocycles. The van der Waals surface area contributed by atoms with Gasteiger partial charge in [-0.05, 0) is 46.1 Å². The molecule has 0 aliphatic carbocycles. The van der Waals surface area contributed by atoms with Gasteiger partial charge in [-0.1, -0.05) is 115 Å². The lowest BCUT2D eigenvalue weighted by Crippen LogP contribution is -1.91. The van der Waals surface area contributed by atoms with Gasteiger partial charge in [-0.25, -0.2) is 4.98 Å². The number of hydrogen-bond acceptors (Lipinski definition) is 3. The van der Waals surface area contributed by atoms with Crippen molar-refractivity contribution in [2.45, 2.75) is 0 Å². The zero-order valence-corrected chi connectivity index (χ0v) is 21.6. The molecule has 0 N–H and O–H groups in total. The molecule has 8 rings (SSSR count). The number of benzene rings is 5. The summed E-state index contributed by atoms with van der Waals surface area (Å²) in [5.41, 5.74) is 4.73. The van der Waals surface area contributed by atoms with Gasteiger partial charge in [0.2, 0.25) is 0 Å². The van der Waals surface area contributed by atoms with Crippen LogP contribution in [-0.2, 0) is 0 Å². The number of furan rings is 1. The van der Waals surface area contributed by atoms with E-state index in [-0.39, 0.29) is 57.7 Å². The number of pyridine rings is 2. The first kappa shape index (κ1) is 17.2. The van der Waals surface area contributed by atoms with Crippen LogP contribution in [0.1, 0.15) is 9.60 Å². The molecular weight excluding hydrogens is 500 g/mol. The van der Waals surface area contributed by atoms with Crippen molar-refractivity contribution in [1.29, 1.82) is 0 Å². The summed E-state index contributed by atoms with van der Waals surface area (Å²) in [7, 11) is 0. The molecule has 0 unspecified atom stereocenters. The monoisotopic (exact) mass is 531 g/mol. The molecule has 0 saturated carbocycles. The van der Waals surface area contributed by atoms with Crippen LogP contribution in [0.4, 0.5) is 0 Å². The van der Waals surface area contributed by atoms with E-state index in [2.05, 4.69) is 4.98 Å². The molecule has 0 radical (unpaired) electrons. The molecule has 0 amide bonds. The number of aromatic nitrogens is 2. The molecule has 0 atom stereocenters. The number of fused-ring (bicyclic) bond motifs is 4. The van der Waals surface area contributed by atoms with E-state index >= 15 is 0 Å².